The zero-order chi connectivity index (χ0) is 25.2. The van der Waals surface area contributed by atoms with Gasteiger partial charge >= 0.3 is 0 Å². The number of para-hydroxylation sites is 2. The molecule has 3 heterocycles. The van der Waals surface area contributed by atoms with Gasteiger partial charge < -0.3 is 14.8 Å². The van der Waals surface area contributed by atoms with Crippen molar-refractivity contribution in [3.8, 4) is 17.1 Å². The van der Waals surface area contributed by atoms with Crippen LogP contribution in [0.25, 0.3) is 28.0 Å². The summed E-state index contributed by atoms with van der Waals surface area (Å²) in [6.45, 7) is 2.97. The highest BCUT2D eigenvalue weighted by Crippen LogP contribution is 2.32. The van der Waals surface area contributed by atoms with E-state index in [4.69, 9.17) is 0 Å². The molecule has 1 aliphatic heterocycles. The van der Waals surface area contributed by atoms with E-state index in [2.05, 4.69) is 32.2 Å². The lowest BCUT2D eigenvalue weighted by Gasteiger charge is -2.36. The smallest absolute Gasteiger partial charge is 0.233 e. The Bertz CT molecular complexity index is 1520. The van der Waals surface area contributed by atoms with Gasteiger partial charge in [0.2, 0.25) is 5.91 Å². The van der Waals surface area contributed by atoms with Gasteiger partial charge in [-0.05, 0) is 42.5 Å². The number of hydrogen-bond donors (Lipinski definition) is 1. The number of rotatable bonds is 6. The molecule has 6 rings (SSSR count). The Hall–Kier alpha value is -4.11. The summed E-state index contributed by atoms with van der Waals surface area (Å²) < 4.78 is 15.6. The average molecular weight is 513 g/mol. The highest BCUT2D eigenvalue weighted by molar-refractivity contribution is 7.99. The van der Waals surface area contributed by atoms with Crippen LogP contribution in [0.4, 0.5) is 10.1 Å². The average Bonchev–Trinajstić information content (AvgIpc) is 3.57. The van der Waals surface area contributed by atoms with E-state index < -0.39 is 0 Å². The Morgan fingerprint density at radius 2 is 1.59 bits per heavy atom. The first-order valence-electron chi connectivity index (χ1n) is 12.2. The third-order valence-corrected chi connectivity index (χ3v) is 7.54. The first kappa shape index (κ1) is 23.3. The number of hydrogen-bond acceptors (Lipinski definition) is 5. The van der Waals surface area contributed by atoms with E-state index in [-0.39, 0.29) is 17.5 Å². The number of carbonyl (C=O) groups excluding carboxylic acids is 1. The number of anilines is 1. The van der Waals surface area contributed by atoms with E-state index in [9.17, 15) is 9.18 Å². The highest BCUT2D eigenvalue weighted by atomic mass is 32.2. The maximum absolute atomic E-state index is 13.7. The highest BCUT2D eigenvalue weighted by Gasteiger charge is 2.24. The van der Waals surface area contributed by atoms with Gasteiger partial charge in [-0.3, -0.25) is 9.36 Å². The van der Waals surface area contributed by atoms with Crippen LogP contribution in [0.1, 0.15) is 0 Å². The minimum Gasteiger partial charge on any atom is -0.368 e. The van der Waals surface area contributed by atoms with Gasteiger partial charge in [-0.2, -0.15) is 0 Å². The fourth-order valence-electron chi connectivity index (χ4n) is 4.69. The van der Waals surface area contributed by atoms with Gasteiger partial charge in [-0.25, -0.2) is 4.39 Å². The number of H-pyrrole nitrogens is 1. The third-order valence-electron chi connectivity index (χ3n) is 6.63. The standard InChI is InChI=1S/C28H25FN6OS/c29-20-10-12-22(13-11-20)35-27(24-18-30-25-9-5-4-8-23(24)25)31-32-28(35)37-19-26(36)34-16-14-33(15-17-34)21-6-2-1-3-7-21/h1-13,18,30H,14-17,19H2. The molecule has 0 bridgehead atoms. The number of nitrogens with zero attached hydrogens (tertiary/aromatic N) is 5. The van der Waals surface area contributed by atoms with Crippen LogP contribution in [-0.2, 0) is 4.79 Å². The van der Waals surface area contributed by atoms with Gasteiger partial charge in [0.05, 0.1) is 5.75 Å². The molecular weight excluding hydrogens is 487 g/mol. The second kappa shape index (κ2) is 10.1. The first-order valence-corrected chi connectivity index (χ1v) is 13.1. The van der Waals surface area contributed by atoms with Crippen molar-refractivity contribution in [1.82, 2.24) is 24.6 Å². The summed E-state index contributed by atoms with van der Waals surface area (Å²) in [5, 5.41) is 10.5. The molecule has 0 saturated carbocycles. The molecule has 0 unspecified atom stereocenters. The number of aromatic nitrogens is 4. The Morgan fingerprint density at radius 3 is 2.38 bits per heavy atom. The van der Waals surface area contributed by atoms with Gasteiger partial charge in [0.25, 0.3) is 0 Å². The molecule has 3 aromatic carbocycles. The van der Waals surface area contributed by atoms with E-state index in [0.29, 0.717) is 24.1 Å². The van der Waals surface area contributed by atoms with E-state index in [1.165, 1.54) is 29.6 Å². The largest absolute Gasteiger partial charge is 0.368 e. The van der Waals surface area contributed by atoms with Crippen LogP contribution in [0, 0.1) is 5.82 Å². The maximum atomic E-state index is 13.7. The summed E-state index contributed by atoms with van der Waals surface area (Å²) in [6, 6.07) is 24.5. The molecule has 0 atom stereocenters. The number of carbonyl (C=O) groups is 1. The molecule has 1 saturated heterocycles. The van der Waals surface area contributed by atoms with Crippen LogP contribution in [0.15, 0.2) is 90.2 Å². The number of aromatic amines is 1. The van der Waals surface area contributed by atoms with Gasteiger partial charge in [0.1, 0.15) is 5.82 Å². The fraction of sp³-hybridized carbons (Fsp3) is 0.179. The van der Waals surface area contributed by atoms with Crippen LogP contribution < -0.4 is 4.90 Å². The fourth-order valence-corrected chi connectivity index (χ4v) is 5.54. The van der Waals surface area contributed by atoms with Crippen LogP contribution in [0.3, 0.4) is 0 Å². The van der Waals surface area contributed by atoms with Crippen molar-refractivity contribution in [2.45, 2.75) is 5.16 Å². The third kappa shape index (κ3) is 4.70. The summed E-state index contributed by atoms with van der Waals surface area (Å²) >= 11 is 1.35. The predicted molar refractivity (Wildman–Crippen MR) is 145 cm³/mol. The normalized spacial score (nSPS) is 13.9. The molecule has 2 aromatic heterocycles. The van der Waals surface area contributed by atoms with Crippen LogP contribution in [-0.4, -0.2) is 62.5 Å². The molecule has 7 nitrogen and oxygen atoms in total. The van der Waals surface area contributed by atoms with Crippen molar-refractivity contribution in [2.75, 3.05) is 36.8 Å². The molecule has 1 fully saturated rings. The molecule has 0 radical (unpaired) electrons. The van der Waals surface area contributed by atoms with Crippen molar-refractivity contribution >= 4 is 34.3 Å². The monoisotopic (exact) mass is 512 g/mol. The van der Waals surface area contributed by atoms with Crippen LogP contribution in [0.2, 0.25) is 0 Å². The van der Waals surface area contributed by atoms with Crippen molar-refractivity contribution < 1.29 is 9.18 Å². The van der Waals surface area contributed by atoms with Gasteiger partial charge in [0.15, 0.2) is 11.0 Å². The predicted octanol–water partition coefficient (Wildman–Crippen LogP) is 5.00. The number of nitrogens with one attached hydrogen (secondary N) is 1. The van der Waals surface area contributed by atoms with Crippen molar-refractivity contribution in [3.05, 3.63) is 90.9 Å². The van der Waals surface area contributed by atoms with E-state index in [0.717, 1.165) is 35.2 Å². The first-order chi connectivity index (χ1) is 18.2. The molecular formula is C28H25FN6OS. The second-order valence-corrected chi connectivity index (χ2v) is 9.80. The van der Waals surface area contributed by atoms with E-state index >= 15 is 0 Å². The summed E-state index contributed by atoms with van der Waals surface area (Å²) in [5.74, 6) is 0.637. The van der Waals surface area contributed by atoms with Crippen molar-refractivity contribution in [3.63, 3.8) is 0 Å². The van der Waals surface area contributed by atoms with E-state index in [1.807, 2.05) is 58.1 Å². The van der Waals surface area contributed by atoms with Crippen LogP contribution >= 0.6 is 11.8 Å². The number of halogens is 1. The number of amides is 1. The van der Waals surface area contributed by atoms with E-state index in [1.54, 1.807) is 12.1 Å². The van der Waals surface area contributed by atoms with Crippen molar-refractivity contribution in [2.24, 2.45) is 0 Å². The van der Waals surface area contributed by atoms with Gasteiger partial charge in [-0.1, -0.05) is 48.2 Å². The maximum Gasteiger partial charge on any atom is 0.233 e. The number of fused-ring (bicyclic) bond motifs is 1. The summed E-state index contributed by atoms with van der Waals surface area (Å²) in [6.07, 6.45) is 1.90. The lowest BCUT2D eigenvalue weighted by molar-refractivity contribution is -0.128. The molecule has 0 aliphatic carbocycles. The minimum atomic E-state index is -0.315. The molecule has 0 spiro atoms. The summed E-state index contributed by atoms with van der Waals surface area (Å²) in [5.41, 5.74) is 3.80. The minimum absolute atomic E-state index is 0.0695. The Balaban J connectivity index is 1.22. The summed E-state index contributed by atoms with van der Waals surface area (Å²) in [4.78, 5) is 20.6. The SMILES string of the molecule is O=C(CSc1nnc(-c2c[nH]c3ccccc23)n1-c1ccc(F)cc1)N1CCN(c2ccccc2)CC1. The molecule has 37 heavy (non-hydrogen) atoms. The van der Waals surface area contributed by atoms with Gasteiger partial charge in [0, 0.05) is 60.2 Å². The second-order valence-electron chi connectivity index (χ2n) is 8.86. The topological polar surface area (TPSA) is 70.0 Å². The zero-order valence-electron chi connectivity index (χ0n) is 20.0. The number of benzene rings is 3. The zero-order valence-corrected chi connectivity index (χ0v) is 20.9. The Morgan fingerprint density at radius 1 is 0.865 bits per heavy atom. The molecule has 1 aliphatic rings. The molecule has 1 amide bonds. The molecule has 9 heteroatoms. The molecule has 1 N–H and O–H groups in total. The van der Waals surface area contributed by atoms with Crippen molar-refractivity contribution in [1.29, 1.82) is 0 Å². The van der Waals surface area contributed by atoms with Crippen LogP contribution in [0.5, 0.6) is 0 Å². The number of thioether (sulfide) groups is 1. The summed E-state index contributed by atoms with van der Waals surface area (Å²) in [7, 11) is 0. The number of piperazine rings is 1. The lowest BCUT2D eigenvalue weighted by Crippen LogP contribution is -2.49. The quantitative estimate of drug-likeness (QED) is 0.325. The Kier molecular flexibility index (Phi) is 6.36. The molecule has 186 valence electrons. The van der Waals surface area contributed by atoms with Gasteiger partial charge in [-0.15, -0.1) is 10.2 Å². The Labute approximate surface area is 217 Å². The lowest BCUT2D eigenvalue weighted by atomic mass is 10.1. The molecule has 5 aromatic rings.